The second kappa shape index (κ2) is 7.97. The Morgan fingerprint density at radius 3 is 2.54 bits per heavy atom. The van der Waals surface area contributed by atoms with E-state index >= 15 is 0 Å². The fourth-order valence-electron chi connectivity index (χ4n) is 3.79. The zero-order valence-electron chi connectivity index (χ0n) is 16.8. The summed E-state index contributed by atoms with van der Waals surface area (Å²) >= 11 is 8.12. The van der Waals surface area contributed by atoms with E-state index in [4.69, 9.17) is 26.3 Å². The summed E-state index contributed by atoms with van der Waals surface area (Å²) in [5.41, 5.74) is 4.77. The highest BCUT2D eigenvalue weighted by Crippen LogP contribution is 2.39. The van der Waals surface area contributed by atoms with E-state index in [1.54, 1.807) is 11.3 Å². The number of fused-ring (bicyclic) bond motifs is 1. The molecule has 4 rings (SSSR count). The number of halogens is 1. The molecule has 28 heavy (non-hydrogen) atoms. The Labute approximate surface area is 174 Å². The molecule has 150 valence electrons. The second-order valence-electron chi connectivity index (χ2n) is 7.24. The summed E-state index contributed by atoms with van der Waals surface area (Å²) in [7, 11) is 0. The quantitative estimate of drug-likeness (QED) is 0.581. The van der Waals surface area contributed by atoms with Gasteiger partial charge < -0.3 is 14.2 Å². The number of aryl methyl sites for hydroxylation is 2. The third kappa shape index (κ3) is 3.40. The maximum Gasteiger partial charge on any atom is 0.187 e. The number of hydrogen-bond donors (Lipinski definition) is 0. The van der Waals surface area contributed by atoms with Crippen LogP contribution in [0.4, 0.5) is 5.13 Å². The number of ether oxygens (including phenoxy) is 1. The van der Waals surface area contributed by atoms with Gasteiger partial charge in [0, 0.05) is 25.3 Å². The molecule has 1 saturated heterocycles. The van der Waals surface area contributed by atoms with Crippen molar-refractivity contribution in [3.8, 4) is 10.6 Å². The zero-order chi connectivity index (χ0) is 19.8. The number of anilines is 1. The minimum Gasteiger partial charge on any atom is -0.378 e. The van der Waals surface area contributed by atoms with Crippen LogP contribution in [-0.4, -0.2) is 45.8 Å². The van der Waals surface area contributed by atoms with Crippen LogP contribution in [0.2, 0.25) is 5.15 Å². The molecular weight excluding hydrogens is 394 g/mol. The Kier molecular flexibility index (Phi) is 5.58. The Balaban J connectivity index is 1.78. The van der Waals surface area contributed by atoms with Crippen molar-refractivity contribution >= 4 is 39.2 Å². The first-order valence-electron chi connectivity index (χ1n) is 9.88. The lowest BCUT2D eigenvalue weighted by atomic mass is 10.2. The lowest BCUT2D eigenvalue weighted by Crippen LogP contribution is -2.36. The van der Waals surface area contributed by atoms with Crippen LogP contribution in [0.25, 0.3) is 21.7 Å². The van der Waals surface area contributed by atoms with Crippen LogP contribution in [0.5, 0.6) is 0 Å². The smallest absolute Gasteiger partial charge is 0.187 e. The molecule has 0 amide bonds. The number of aromatic nitrogens is 4. The van der Waals surface area contributed by atoms with E-state index < -0.39 is 0 Å². The van der Waals surface area contributed by atoms with Crippen molar-refractivity contribution in [2.45, 2.75) is 46.6 Å². The molecule has 0 saturated carbocycles. The van der Waals surface area contributed by atoms with Gasteiger partial charge in [-0.05, 0) is 32.3 Å². The van der Waals surface area contributed by atoms with Crippen LogP contribution in [0.15, 0.2) is 6.20 Å². The highest BCUT2D eigenvalue weighted by atomic mass is 35.5. The highest BCUT2D eigenvalue weighted by molar-refractivity contribution is 7.19. The number of nitrogens with zero attached hydrogens (tertiary/aromatic N) is 5. The van der Waals surface area contributed by atoms with Crippen molar-refractivity contribution in [2.24, 2.45) is 0 Å². The fourth-order valence-corrected chi connectivity index (χ4v) is 5.17. The van der Waals surface area contributed by atoms with Crippen molar-refractivity contribution in [3.05, 3.63) is 22.6 Å². The maximum atomic E-state index is 6.53. The number of hydrogen-bond acceptors (Lipinski definition) is 6. The van der Waals surface area contributed by atoms with Gasteiger partial charge in [-0.3, -0.25) is 0 Å². The van der Waals surface area contributed by atoms with Gasteiger partial charge >= 0.3 is 0 Å². The molecule has 0 aromatic carbocycles. The number of thiazole rings is 1. The lowest BCUT2D eigenvalue weighted by molar-refractivity contribution is 0.122. The molecule has 0 unspecified atom stereocenters. The summed E-state index contributed by atoms with van der Waals surface area (Å²) in [6.07, 6.45) is 4.33. The van der Waals surface area contributed by atoms with E-state index in [1.807, 2.05) is 6.92 Å². The minimum absolute atomic E-state index is 0.440. The molecule has 4 heterocycles. The summed E-state index contributed by atoms with van der Waals surface area (Å²) in [5, 5.41) is 1.43. The third-order valence-electron chi connectivity index (χ3n) is 5.41. The summed E-state index contributed by atoms with van der Waals surface area (Å²) in [6.45, 7) is 11.7. The minimum atomic E-state index is 0.440. The van der Waals surface area contributed by atoms with Crippen LogP contribution < -0.4 is 4.90 Å². The van der Waals surface area contributed by atoms with Crippen LogP contribution in [0, 0.1) is 13.8 Å². The molecule has 1 aliphatic heterocycles. The second-order valence-corrected chi connectivity index (χ2v) is 8.57. The summed E-state index contributed by atoms with van der Waals surface area (Å²) in [4.78, 5) is 17.6. The van der Waals surface area contributed by atoms with Crippen molar-refractivity contribution in [3.63, 3.8) is 0 Å². The number of rotatable bonds is 5. The van der Waals surface area contributed by atoms with E-state index in [9.17, 15) is 0 Å². The molecular formula is C20H26ClN5OS. The monoisotopic (exact) mass is 419 g/mol. The first-order valence-corrected chi connectivity index (χ1v) is 11.1. The predicted octanol–water partition coefficient (Wildman–Crippen LogP) is 5.02. The predicted molar refractivity (Wildman–Crippen MR) is 116 cm³/mol. The van der Waals surface area contributed by atoms with Gasteiger partial charge in [0.2, 0.25) is 0 Å². The number of morpholine rings is 1. The van der Waals surface area contributed by atoms with Crippen molar-refractivity contribution in [1.82, 2.24) is 19.5 Å². The molecule has 0 spiro atoms. The van der Waals surface area contributed by atoms with Gasteiger partial charge in [-0.1, -0.05) is 36.8 Å². The van der Waals surface area contributed by atoms with Crippen LogP contribution in [-0.2, 0) is 4.74 Å². The Morgan fingerprint density at radius 2 is 1.86 bits per heavy atom. The fraction of sp³-hybridized carbons (Fsp3) is 0.550. The average molecular weight is 420 g/mol. The molecule has 0 N–H and O–H groups in total. The van der Waals surface area contributed by atoms with Crippen molar-refractivity contribution < 1.29 is 4.74 Å². The standard InChI is InChI=1S/C20H26ClN5OS/c1-5-14(6-2)26-11-12(3)15-19(26)22-13(4)16(23-15)17-18(21)24-20(28-17)25-7-9-27-10-8-25/h11,14H,5-10H2,1-4H3. The first-order chi connectivity index (χ1) is 13.5. The zero-order valence-corrected chi connectivity index (χ0v) is 18.4. The lowest BCUT2D eigenvalue weighted by Gasteiger charge is -2.25. The van der Waals surface area contributed by atoms with E-state index in [1.165, 1.54) is 0 Å². The van der Waals surface area contributed by atoms with Gasteiger partial charge in [0.05, 0.1) is 23.8 Å². The van der Waals surface area contributed by atoms with Gasteiger partial charge in [0.25, 0.3) is 0 Å². The topological polar surface area (TPSA) is 56.1 Å². The first kappa shape index (κ1) is 19.6. The van der Waals surface area contributed by atoms with Gasteiger partial charge in [-0.25, -0.2) is 15.0 Å². The SMILES string of the molecule is CCC(CC)n1cc(C)c2nc(-c3sc(N4CCOCC4)nc3Cl)c(C)nc21. The van der Waals surface area contributed by atoms with Crippen LogP contribution in [0.3, 0.4) is 0 Å². The largest absolute Gasteiger partial charge is 0.378 e. The Morgan fingerprint density at radius 1 is 1.14 bits per heavy atom. The summed E-state index contributed by atoms with van der Waals surface area (Å²) in [5.74, 6) is 0. The Hall–Kier alpha value is -1.70. The molecule has 0 aliphatic carbocycles. The molecule has 0 atom stereocenters. The molecule has 8 heteroatoms. The summed E-state index contributed by atoms with van der Waals surface area (Å²) < 4.78 is 7.72. The third-order valence-corrected chi connectivity index (χ3v) is 6.92. The molecule has 1 aliphatic rings. The molecule has 0 radical (unpaired) electrons. The summed E-state index contributed by atoms with van der Waals surface area (Å²) in [6, 6.07) is 0.440. The molecule has 1 fully saturated rings. The normalized spacial score (nSPS) is 15.1. The molecule has 6 nitrogen and oxygen atoms in total. The van der Waals surface area contributed by atoms with E-state index in [2.05, 4.69) is 41.4 Å². The maximum absolute atomic E-state index is 6.53. The van der Waals surface area contributed by atoms with Gasteiger partial charge in [-0.15, -0.1) is 0 Å². The van der Waals surface area contributed by atoms with E-state index in [0.717, 1.165) is 77.3 Å². The molecule has 3 aromatic heterocycles. The van der Waals surface area contributed by atoms with Crippen molar-refractivity contribution in [1.29, 1.82) is 0 Å². The van der Waals surface area contributed by atoms with E-state index in [0.29, 0.717) is 11.2 Å². The Bertz CT molecular complexity index is 988. The van der Waals surface area contributed by atoms with Crippen molar-refractivity contribution in [2.75, 3.05) is 31.2 Å². The van der Waals surface area contributed by atoms with Gasteiger partial charge in [0.1, 0.15) is 11.2 Å². The van der Waals surface area contributed by atoms with Crippen LogP contribution >= 0.6 is 22.9 Å². The highest BCUT2D eigenvalue weighted by Gasteiger charge is 2.23. The van der Waals surface area contributed by atoms with Gasteiger partial charge in [-0.2, -0.15) is 0 Å². The molecule has 0 bridgehead atoms. The molecule has 3 aromatic rings. The van der Waals surface area contributed by atoms with Crippen LogP contribution in [0.1, 0.15) is 44.0 Å². The van der Waals surface area contributed by atoms with Gasteiger partial charge in [0.15, 0.2) is 15.9 Å². The average Bonchev–Trinajstić information content (AvgIpc) is 3.23. The van der Waals surface area contributed by atoms with E-state index in [-0.39, 0.29) is 0 Å².